The molecule has 0 saturated heterocycles. The molecule has 88 valence electrons. The fourth-order valence-corrected chi connectivity index (χ4v) is 2.35. The molecule has 0 bridgehead atoms. The van der Waals surface area contributed by atoms with Crippen molar-refractivity contribution in [2.24, 2.45) is 0 Å². The van der Waals surface area contributed by atoms with E-state index in [1.54, 1.807) is 14.0 Å². The van der Waals surface area contributed by atoms with Gasteiger partial charge in [0.1, 0.15) is 0 Å². The maximum Gasteiger partial charge on any atom is 0.333 e. The van der Waals surface area contributed by atoms with Gasteiger partial charge >= 0.3 is 5.97 Å². The summed E-state index contributed by atoms with van der Waals surface area (Å²) in [5, 5.41) is 0. The van der Waals surface area contributed by atoms with Gasteiger partial charge in [-0.15, -0.1) is 0 Å². The smallest absolute Gasteiger partial charge is 0.333 e. The summed E-state index contributed by atoms with van der Waals surface area (Å²) >= 11 is 0. The van der Waals surface area contributed by atoms with Crippen molar-refractivity contribution in [3.8, 4) is 0 Å². The lowest BCUT2D eigenvalue weighted by atomic mass is 10.3. The Balaban J connectivity index is 3.48. The van der Waals surface area contributed by atoms with Crippen molar-refractivity contribution < 1.29 is 14.0 Å². The number of esters is 1. The van der Waals surface area contributed by atoms with Crippen LogP contribution in [0.4, 0.5) is 0 Å². The normalized spacial score (nSPS) is 11.2. The Bertz CT molecular complexity index is 224. The number of hydrogen-bond donors (Lipinski definition) is 0. The number of carbonyl (C=O) groups is 1. The van der Waals surface area contributed by atoms with Gasteiger partial charge in [0.25, 0.3) is 0 Å². The molecule has 0 unspecified atom stereocenters. The van der Waals surface area contributed by atoms with Gasteiger partial charge in [0, 0.05) is 12.7 Å². The quantitative estimate of drug-likeness (QED) is 0.292. The molecule has 0 aromatic rings. The minimum Gasteiger partial charge on any atom is -0.462 e. The molecular weight excluding hydrogens is 208 g/mol. The minimum atomic E-state index is -1.43. The number of ether oxygens (including phenoxy) is 1. The highest BCUT2D eigenvalue weighted by Gasteiger charge is 2.19. The van der Waals surface area contributed by atoms with Crippen LogP contribution in [-0.4, -0.2) is 28.0 Å². The Morgan fingerprint density at radius 3 is 2.40 bits per heavy atom. The molecule has 0 aliphatic heterocycles. The second kappa shape index (κ2) is 6.79. The van der Waals surface area contributed by atoms with Crippen molar-refractivity contribution in [2.75, 3.05) is 13.7 Å². The second-order valence-corrected chi connectivity index (χ2v) is 8.76. The van der Waals surface area contributed by atoms with Gasteiger partial charge in [-0.25, -0.2) is 4.79 Å². The van der Waals surface area contributed by atoms with E-state index < -0.39 is 8.32 Å². The topological polar surface area (TPSA) is 35.5 Å². The number of rotatable bonds is 7. The number of carbonyl (C=O) groups excluding carboxylic acids is 1. The van der Waals surface area contributed by atoms with E-state index in [0.29, 0.717) is 12.2 Å². The molecule has 0 fully saturated rings. The SMILES string of the molecule is C=C(C)C(=O)OCCCC[Si](C)(C)OC. The van der Waals surface area contributed by atoms with E-state index >= 15 is 0 Å². The van der Waals surface area contributed by atoms with Crippen molar-refractivity contribution in [1.29, 1.82) is 0 Å². The van der Waals surface area contributed by atoms with Gasteiger partial charge < -0.3 is 9.16 Å². The molecule has 0 amide bonds. The Hall–Kier alpha value is -0.613. The lowest BCUT2D eigenvalue weighted by Gasteiger charge is -2.19. The van der Waals surface area contributed by atoms with Gasteiger partial charge in [-0.05, 0) is 32.5 Å². The van der Waals surface area contributed by atoms with Gasteiger partial charge in [0.2, 0.25) is 0 Å². The summed E-state index contributed by atoms with van der Waals surface area (Å²) in [6.45, 7) is 10.0. The fraction of sp³-hybridized carbons (Fsp3) is 0.727. The van der Waals surface area contributed by atoms with Crippen LogP contribution in [-0.2, 0) is 14.0 Å². The van der Waals surface area contributed by atoms with E-state index in [1.165, 1.54) is 0 Å². The minimum absolute atomic E-state index is 0.293. The third-order valence-corrected chi connectivity index (χ3v) is 4.97. The Kier molecular flexibility index (Phi) is 6.52. The van der Waals surface area contributed by atoms with E-state index in [-0.39, 0.29) is 5.97 Å². The van der Waals surface area contributed by atoms with E-state index in [4.69, 9.17) is 9.16 Å². The van der Waals surface area contributed by atoms with Crippen LogP contribution in [0.15, 0.2) is 12.2 Å². The average molecular weight is 230 g/mol. The van der Waals surface area contributed by atoms with Crippen LogP contribution < -0.4 is 0 Å². The van der Waals surface area contributed by atoms with Crippen LogP contribution >= 0.6 is 0 Å². The van der Waals surface area contributed by atoms with Crippen LogP contribution in [0, 0.1) is 0 Å². The first-order chi connectivity index (χ1) is 6.89. The van der Waals surface area contributed by atoms with Gasteiger partial charge in [0.15, 0.2) is 8.32 Å². The predicted molar refractivity (Wildman–Crippen MR) is 64.3 cm³/mol. The molecule has 0 rings (SSSR count). The van der Waals surface area contributed by atoms with Crippen molar-refractivity contribution in [3.63, 3.8) is 0 Å². The summed E-state index contributed by atoms with van der Waals surface area (Å²) in [6.07, 6.45) is 1.95. The molecule has 0 spiro atoms. The average Bonchev–Trinajstić information content (AvgIpc) is 2.16. The molecule has 4 heteroatoms. The molecule has 0 aromatic carbocycles. The maximum absolute atomic E-state index is 11.0. The highest BCUT2D eigenvalue weighted by molar-refractivity contribution is 6.71. The summed E-state index contributed by atoms with van der Waals surface area (Å²) < 4.78 is 10.4. The van der Waals surface area contributed by atoms with Gasteiger partial charge in [0.05, 0.1) is 6.61 Å². The van der Waals surface area contributed by atoms with Crippen LogP contribution in [0.5, 0.6) is 0 Å². The number of unbranched alkanes of at least 4 members (excludes halogenated alkanes) is 1. The summed E-state index contributed by atoms with van der Waals surface area (Å²) in [5.41, 5.74) is 0.460. The molecule has 0 aliphatic rings. The lowest BCUT2D eigenvalue weighted by Crippen LogP contribution is -2.28. The van der Waals surface area contributed by atoms with Crippen LogP contribution in [0.2, 0.25) is 19.1 Å². The molecule has 0 radical (unpaired) electrons. The maximum atomic E-state index is 11.0. The molecule has 0 N–H and O–H groups in total. The molecule has 15 heavy (non-hydrogen) atoms. The van der Waals surface area contributed by atoms with Gasteiger partial charge in [-0.3, -0.25) is 0 Å². The van der Waals surface area contributed by atoms with Crippen molar-refractivity contribution in [2.45, 2.75) is 38.9 Å². The van der Waals surface area contributed by atoms with Crippen LogP contribution in [0.3, 0.4) is 0 Å². The summed E-state index contributed by atoms with van der Waals surface area (Å²) in [7, 11) is 0.337. The van der Waals surface area contributed by atoms with E-state index in [1.807, 2.05) is 0 Å². The summed E-state index contributed by atoms with van der Waals surface area (Å²) in [4.78, 5) is 11.0. The first-order valence-electron chi connectivity index (χ1n) is 5.27. The Labute approximate surface area is 93.6 Å². The van der Waals surface area contributed by atoms with E-state index in [9.17, 15) is 4.79 Å². The Morgan fingerprint density at radius 1 is 1.33 bits per heavy atom. The predicted octanol–water partition coefficient (Wildman–Crippen LogP) is 2.74. The first-order valence-corrected chi connectivity index (χ1v) is 8.38. The second-order valence-electron chi connectivity index (χ2n) is 4.34. The Morgan fingerprint density at radius 2 is 1.93 bits per heavy atom. The molecule has 0 aromatic heterocycles. The first kappa shape index (κ1) is 14.4. The monoisotopic (exact) mass is 230 g/mol. The van der Waals surface area contributed by atoms with Crippen molar-refractivity contribution >= 4 is 14.3 Å². The fourth-order valence-electron chi connectivity index (χ4n) is 1.04. The van der Waals surface area contributed by atoms with Crippen LogP contribution in [0.1, 0.15) is 19.8 Å². The zero-order valence-corrected chi connectivity index (χ0v) is 11.3. The van der Waals surface area contributed by atoms with E-state index in [2.05, 4.69) is 19.7 Å². The number of hydrogen-bond acceptors (Lipinski definition) is 3. The van der Waals surface area contributed by atoms with Crippen molar-refractivity contribution in [1.82, 2.24) is 0 Å². The van der Waals surface area contributed by atoms with Crippen LogP contribution in [0.25, 0.3) is 0 Å². The van der Waals surface area contributed by atoms with Gasteiger partial charge in [-0.2, -0.15) is 0 Å². The molecule has 0 aliphatic carbocycles. The largest absolute Gasteiger partial charge is 0.462 e. The molecule has 0 atom stereocenters. The molecular formula is C11H22O3Si. The zero-order valence-electron chi connectivity index (χ0n) is 10.3. The highest BCUT2D eigenvalue weighted by Crippen LogP contribution is 2.13. The zero-order chi connectivity index (χ0) is 11.9. The molecule has 0 saturated carbocycles. The lowest BCUT2D eigenvalue weighted by molar-refractivity contribution is -0.139. The van der Waals surface area contributed by atoms with E-state index in [0.717, 1.165) is 18.9 Å². The van der Waals surface area contributed by atoms with Crippen molar-refractivity contribution in [3.05, 3.63) is 12.2 Å². The summed E-state index contributed by atoms with van der Waals surface area (Å²) in [5.74, 6) is -0.293. The summed E-state index contributed by atoms with van der Waals surface area (Å²) in [6, 6.07) is 1.11. The molecule has 3 nitrogen and oxygen atoms in total. The third kappa shape index (κ3) is 7.33. The standard InChI is InChI=1S/C11H22O3Si/c1-10(2)11(12)14-8-6-7-9-15(4,5)13-3/h1,6-9H2,2-5H3. The third-order valence-electron chi connectivity index (χ3n) is 2.31. The highest BCUT2D eigenvalue weighted by atomic mass is 28.4. The van der Waals surface area contributed by atoms with Gasteiger partial charge in [-0.1, -0.05) is 13.0 Å². The molecule has 0 heterocycles.